The lowest BCUT2D eigenvalue weighted by atomic mass is 10.2. The van der Waals surface area contributed by atoms with Crippen molar-refractivity contribution < 1.29 is 9.84 Å². The maximum atomic E-state index is 9.17. The molecule has 3 nitrogen and oxygen atoms in total. The Bertz CT molecular complexity index is 254. The van der Waals surface area contributed by atoms with Crippen molar-refractivity contribution in [3.63, 3.8) is 0 Å². The number of hydrogen-bond acceptors (Lipinski definition) is 3. The zero-order valence-electron chi connectivity index (χ0n) is 8.66. The predicted molar refractivity (Wildman–Crippen MR) is 58.2 cm³/mol. The molecule has 1 atom stereocenters. The fourth-order valence-electron chi connectivity index (χ4n) is 0.714. The van der Waals surface area contributed by atoms with Crippen molar-refractivity contribution in [3.8, 4) is 0 Å². The Hall–Kier alpha value is -1.35. The van der Waals surface area contributed by atoms with Gasteiger partial charge in [-0.1, -0.05) is 17.7 Å². The number of allylic oxidation sites excluding steroid dienone is 2. The van der Waals surface area contributed by atoms with Gasteiger partial charge in [0.1, 0.15) is 0 Å². The molecule has 0 aromatic carbocycles. The first-order valence-corrected chi connectivity index (χ1v) is 4.42. The summed E-state index contributed by atoms with van der Waals surface area (Å²) in [6.07, 6.45) is 6.62. The van der Waals surface area contributed by atoms with Gasteiger partial charge in [0, 0.05) is 6.92 Å². The zero-order chi connectivity index (χ0) is 11.0. The molecule has 0 fully saturated rings. The van der Waals surface area contributed by atoms with Crippen LogP contribution in [-0.4, -0.2) is 17.1 Å². The van der Waals surface area contributed by atoms with Crippen LogP contribution in [-0.2, 0) is 4.74 Å². The van der Waals surface area contributed by atoms with Gasteiger partial charge in [-0.2, -0.15) is 0 Å². The van der Waals surface area contributed by atoms with E-state index >= 15 is 0 Å². The number of aliphatic hydroxyl groups excluding tert-OH is 1. The first-order chi connectivity index (χ1) is 6.56. The second-order valence-electron chi connectivity index (χ2n) is 2.96. The van der Waals surface area contributed by atoms with Crippen LogP contribution in [0, 0.1) is 5.41 Å². The number of ether oxygens (including phenoxy) is 1. The minimum atomic E-state index is -0.497. The minimum Gasteiger partial charge on any atom is -0.452 e. The fourth-order valence-corrected chi connectivity index (χ4v) is 0.714. The number of aliphatic hydroxyl groups is 1. The van der Waals surface area contributed by atoms with Crippen molar-refractivity contribution in [1.82, 2.24) is 0 Å². The summed E-state index contributed by atoms with van der Waals surface area (Å²) in [5.74, 6) is 0.153. The molecule has 14 heavy (non-hydrogen) atoms. The highest BCUT2D eigenvalue weighted by Crippen LogP contribution is 2.01. The van der Waals surface area contributed by atoms with Crippen LogP contribution < -0.4 is 0 Å². The van der Waals surface area contributed by atoms with Crippen molar-refractivity contribution >= 4 is 5.90 Å². The van der Waals surface area contributed by atoms with Gasteiger partial charge in [0.2, 0.25) is 0 Å². The van der Waals surface area contributed by atoms with Gasteiger partial charge in [0.05, 0.1) is 12.4 Å². The van der Waals surface area contributed by atoms with Gasteiger partial charge in [-0.25, -0.2) is 0 Å². The Morgan fingerprint density at radius 1 is 1.57 bits per heavy atom. The smallest absolute Gasteiger partial charge is 0.183 e. The Morgan fingerprint density at radius 3 is 2.71 bits per heavy atom. The van der Waals surface area contributed by atoms with Gasteiger partial charge in [0.15, 0.2) is 5.90 Å². The second-order valence-corrected chi connectivity index (χ2v) is 2.96. The van der Waals surface area contributed by atoms with E-state index in [1.807, 2.05) is 13.0 Å². The molecule has 0 aliphatic carbocycles. The molecular weight excluding hydrogens is 178 g/mol. The summed E-state index contributed by atoms with van der Waals surface area (Å²) in [5.41, 5.74) is 0.979. The Kier molecular flexibility index (Phi) is 6.41. The summed E-state index contributed by atoms with van der Waals surface area (Å²) in [6.45, 7) is 6.93. The van der Waals surface area contributed by atoms with E-state index in [1.54, 1.807) is 13.0 Å². The van der Waals surface area contributed by atoms with Gasteiger partial charge in [-0.3, -0.25) is 5.41 Å². The standard InChI is InChI=1S/C11H17NO2/c1-4-11(13)6-5-9(2)7-8-14-10(3)12/h4-5,7-8,11-13H,1,6H2,2-3H3/b8-7+,9-5+,12-10?. The molecule has 0 saturated carbocycles. The van der Waals surface area contributed by atoms with Crippen LogP contribution in [0.2, 0.25) is 0 Å². The Balaban J connectivity index is 3.93. The van der Waals surface area contributed by atoms with Crippen molar-refractivity contribution in [2.24, 2.45) is 0 Å². The van der Waals surface area contributed by atoms with Crippen LogP contribution in [0.3, 0.4) is 0 Å². The maximum Gasteiger partial charge on any atom is 0.183 e. The first-order valence-electron chi connectivity index (χ1n) is 4.42. The number of nitrogens with one attached hydrogen (secondary N) is 1. The summed E-state index contributed by atoms with van der Waals surface area (Å²) in [4.78, 5) is 0. The summed E-state index contributed by atoms with van der Waals surface area (Å²) in [5, 5.41) is 16.2. The third-order valence-electron chi connectivity index (χ3n) is 1.53. The van der Waals surface area contributed by atoms with Gasteiger partial charge >= 0.3 is 0 Å². The van der Waals surface area contributed by atoms with Gasteiger partial charge in [0.25, 0.3) is 0 Å². The van der Waals surface area contributed by atoms with Crippen LogP contribution in [0.25, 0.3) is 0 Å². The monoisotopic (exact) mass is 195 g/mol. The lowest BCUT2D eigenvalue weighted by Gasteiger charge is -2.00. The van der Waals surface area contributed by atoms with E-state index in [0.29, 0.717) is 6.42 Å². The largest absolute Gasteiger partial charge is 0.452 e. The van der Waals surface area contributed by atoms with Crippen LogP contribution in [0.4, 0.5) is 0 Å². The van der Waals surface area contributed by atoms with E-state index in [9.17, 15) is 0 Å². The highest BCUT2D eigenvalue weighted by atomic mass is 16.5. The van der Waals surface area contributed by atoms with E-state index in [2.05, 4.69) is 6.58 Å². The van der Waals surface area contributed by atoms with E-state index in [4.69, 9.17) is 15.3 Å². The highest BCUT2D eigenvalue weighted by molar-refractivity contribution is 5.69. The van der Waals surface area contributed by atoms with Gasteiger partial charge in [-0.05, 0) is 19.4 Å². The van der Waals surface area contributed by atoms with Crippen molar-refractivity contribution in [3.05, 3.63) is 36.6 Å². The molecule has 0 heterocycles. The molecule has 0 aliphatic heterocycles. The molecule has 0 bridgehead atoms. The molecule has 0 saturated heterocycles. The van der Waals surface area contributed by atoms with Gasteiger partial charge in [-0.15, -0.1) is 6.58 Å². The summed E-state index contributed by atoms with van der Waals surface area (Å²) in [7, 11) is 0. The molecule has 1 unspecified atom stereocenters. The van der Waals surface area contributed by atoms with E-state index in [1.165, 1.54) is 12.3 Å². The summed E-state index contributed by atoms with van der Waals surface area (Å²) < 4.78 is 4.82. The topological polar surface area (TPSA) is 53.3 Å². The average Bonchev–Trinajstić information content (AvgIpc) is 2.13. The molecule has 0 aromatic rings. The fraction of sp³-hybridized carbons (Fsp3) is 0.364. The number of rotatable bonds is 5. The van der Waals surface area contributed by atoms with Gasteiger partial charge < -0.3 is 9.84 Å². The van der Waals surface area contributed by atoms with Crippen LogP contribution in [0.5, 0.6) is 0 Å². The molecule has 0 aromatic heterocycles. The van der Waals surface area contributed by atoms with E-state index in [0.717, 1.165) is 5.57 Å². The SMILES string of the molecule is C=CC(O)C/C=C(C)/C=C/OC(C)=N. The molecule has 0 spiro atoms. The molecule has 0 amide bonds. The third-order valence-corrected chi connectivity index (χ3v) is 1.53. The predicted octanol–water partition coefficient (Wildman–Crippen LogP) is 2.40. The highest BCUT2D eigenvalue weighted by Gasteiger charge is 1.93. The normalized spacial score (nSPS) is 14.1. The van der Waals surface area contributed by atoms with E-state index in [-0.39, 0.29) is 5.90 Å². The zero-order valence-corrected chi connectivity index (χ0v) is 8.66. The molecule has 0 radical (unpaired) electrons. The lowest BCUT2D eigenvalue weighted by molar-refractivity contribution is 0.227. The molecule has 2 N–H and O–H groups in total. The second kappa shape index (κ2) is 7.09. The Morgan fingerprint density at radius 2 is 2.21 bits per heavy atom. The maximum absolute atomic E-state index is 9.17. The third kappa shape index (κ3) is 7.31. The lowest BCUT2D eigenvalue weighted by Crippen LogP contribution is -1.98. The summed E-state index contributed by atoms with van der Waals surface area (Å²) >= 11 is 0. The molecule has 0 rings (SSSR count). The first kappa shape index (κ1) is 12.7. The van der Waals surface area contributed by atoms with Crippen molar-refractivity contribution in [1.29, 1.82) is 5.41 Å². The van der Waals surface area contributed by atoms with Crippen LogP contribution >= 0.6 is 0 Å². The number of hydrogen-bond donors (Lipinski definition) is 2. The van der Waals surface area contributed by atoms with E-state index < -0.39 is 6.10 Å². The molecule has 3 heteroatoms. The molecular formula is C11H17NO2. The van der Waals surface area contributed by atoms with Crippen LogP contribution in [0.15, 0.2) is 36.6 Å². The molecule has 78 valence electrons. The minimum absolute atomic E-state index is 0.153. The Labute approximate surface area is 84.9 Å². The quantitative estimate of drug-likeness (QED) is 0.233. The molecule has 0 aliphatic rings. The average molecular weight is 195 g/mol. The summed E-state index contributed by atoms with van der Waals surface area (Å²) in [6, 6.07) is 0. The van der Waals surface area contributed by atoms with Crippen molar-refractivity contribution in [2.75, 3.05) is 0 Å². The van der Waals surface area contributed by atoms with Crippen molar-refractivity contribution in [2.45, 2.75) is 26.4 Å². The van der Waals surface area contributed by atoms with Crippen LogP contribution in [0.1, 0.15) is 20.3 Å².